The van der Waals surface area contributed by atoms with Crippen LogP contribution in [0.3, 0.4) is 0 Å². The second kappa shape index (κ2) is 4.03. The molecule has 0 N–H and O–H groups in total. The fraction of sp³-hybridized carbons (Fsp3) is 0.250. The standard InChI is InChI=1S/C12H12O2S/c1-3-8-9-6-4-5-7-10(9)15-11(8)12(13)14-2/h4-7H,3H2,1-2H3. The summed E-state index contributed by atoms with van der Waals surface area (Å²) in [5.74, 6) is -0.229. The molecule has 0 atom stereocenters. The highest BCUT2D eigenvalue weighted by Crippen LogP contribution is 2.31. The van der Waals surface area contributed by atoms with Crippen LogP contribution in [-0.4, -0.2) is 13.1 Å². The Morgan fingerprint density at radius 1 is 1.40 bits per heavy atom. The van der Waals surface area contributed by atoms with E-state index in [1.807, 2.05) is 18.2 Å². The lowest BCUT2D eigenvalue weighted by molar-refractivity contribution is 0.0605. The van der Waals surface area contributed by atoms with Gasteiger partial charge in [0.1, 0.15) is 4.88 Å². The SMILES string of the molecule is CCc1c(C(=O)OC)sc2ccccc12. The number of esters is 1. The number of hydrogen-bond acceptors (Lipinski definition) is 3. The topological polar surface area (TPSA) is 26.3 Å². The predicted octanol–water partition coefficient (Wildman–Crippen LogP) is 3.25. The van der Waals surface area contributed by atoms with E-state index in [4.69, 9.17) is 4.74 Å². The van der Waals surface area contributed by atoms with Gasteiger partial charge in [0.15, 0.2) is 0 Å². The lowest BCUT2D eigenvalue weighted by atomic mass is 10.1. The maximum Gasteiger partial charge on any atom is 0.348 e. The molecule has 0 unspecified atom stereocenters. The van der Waals surface area contributed by atoms with Gasteiger partial charge in [-0.1, -0.05) is 25.1 Å². The van der Waals surface area contributed by atoms with Crippen LogP contribution in [0.25, 0.3) is 10.1 Å². The minimum absolute atomic E-state index is 0.229. The molecule has 2 rings (SSSR count). The summed E-state index contributed by atoms with van der Waals surface area (Å²) in [6.45, 7) is 2.06. The molecule has 1 aromatic heterocycles. The minimum atomic E-state index is -0.229. The maximum absolute atomic E-state index is 11.6. The van der Waals surface area contributed by atoms with E-state index in [1.54, 1.807) is 0 Å². The fourth-order valence-electron chi connectivity index (χ4n) is 1.71. The van der Waals surface area contributed by atoms with Gasteiger partial charge in [-0.25, -0.2) is 4.79 Å². The van der Waals surface area contributed by atoms with Crippen LogP contribution < -0.4 is 0 Å². The quantitative estimate of drug-likeness (QED) is 0.726. The Kier molecular flexibility index (Phi) is 2.73. The zero-order chi connectivity index (χ0) is 10.8. The molecule has 0 fully saturated rings. The second-order valence-electron chi connectivity index (χ2n) is 3.25. The Labute approximate surface area is 92.5 Å². The summed E-state index contributed by atoms with van der Waals surface area (Å²) in [7, 11) is 1.42. The molecule has 0 saturated carbocycles. The van der Waals surface area contributed by atoms with E-state index in [-0.39, 0.29) is 5.97 Å². The van der Waals surface area contributed by atoms with Gasteiger partial charge in [0.05, 0.1) is 7.11 Å². The van der Waals surface area contributed by atoms with Crippen molar-refractivity contribution in [2.24, 2.45) is 0 Å². The van der Waals surface area contributed by atoms with Crippen LogP contribution in [-0.2, 0) is 11.2 Å². The first kappa shape index (κ1) is 10.2. The van der Waals surface area contributed by atoms with Gasteiger partial charge in [-0.05, 0) is 23.4 Å². The van der Waals surface area contributed by atoms with E-state index in [9.17, 15) is 4.79 Å². The summed E-state index contributed by atoms with van der Waals surface area (Å²) in [6.07, 6.45) is 0.856. The van der Waals surface area contributed by atoms with Crippen LogP contribution in [0.2, 0.25) is 0 Å². The first-order chi connectivity index (χ1) is 7.27. The van der Waals surface area contributed by atoms with Gasteiger partial charge in [-0.2, -0.15) is 0 Å². The van der Waals surface area contributed by atoms with E-state index in [0.29, 0.717) is 0 Å². The molecule has 0 bridgehead atoms. The molecule has 0 saturated heterocycles. The highest BCUT2D eigenvalue weighted by molar-refractivity contribution is 7.21. The molecule has 0 aliphatic rings. The second-order valence-corrected chi connectivity index (χ2v) is 4.30. The molecule has 0 aliphatic heterocycles. The van der Waals surface area contributed by atoms with Gasteiger partial charge in [0.2, 0.25) is 0 Å². The molecular formula is C12H12O2S. The van der Waals surface area contributed by atoms with Crippen LogP contribution in [0.15, 0.2) is 24.3 Å². The lowest BCUT2D eigenvalue weighted by Gasteiger charge is -1.98. The Bertz CT molecular complexity index is 499. The van der Waals surface area contributed by atoms with Crippen molar-refractivity contribution in [1.82, 2.24) is 0 Å². The van der Waals surface area contributed by atoms with Crippen molar-refractivity contribution < 1.29 is 9.53 Å². The Morgan fingerprint density at radius 3 is 2.80 bits per heavy atom. The fourth-order valence-corrected chi connectivity index (χ4v) is 2.92. The number of carbonyl (C=O) groups excluding carboxylic acids is 1. The zero-order valence-electron chi connectivity index (χ0n) is 8.74. The minimum Gasteiger partial charge on any atom is -0.465 e. The highest BCUT2D eigenvalue weighted by atomic mass is 32.1. The van der Waals surface area contributed by atoms with Gasteiger partial charge in [-0.15, -0.1) is 11.3 Å². The number of thiophene rings is 1. The molecule has 2 nitrogen and oxygen atoms in total. The molecule has 2 aromatic rings. The summed E-state index contributed by atoms with van der Waals surface area (Å²) in [5, 5.41) is 1.17. The summed E-state index contributed by atoms with van der Waals surface area (Å²) in [6, 6.07) is 8.07. The third-order valence-corrected chi connectivity index (χ3v) is 3.62. The molecular weight excluding hydrogens is 208 g/mol. The Hall–Kier alpha value is -1.35. The summed E-state index contributed by atoms with van der Waals surface area (Å²) < 4.78 is 5.93. The Morgan fingerprint density at radius 2 is 2.13 bits per heavy atom. The largest absolute Gasteiger partial charge is 0.465 e. The lowest BCUT2D eigenvalue weighted by Crippen LogP contribution is -2.01. The molecule has 0 aliphatic carbocycles. The summed E-state index contributed by atoms with van der Waals surface area (Å²) in [5.41, 5.74) is 1.10. The first-order valence-electron chi connectivity index (χ1n) is 4.86. The van der Waals surface area contributed by atoms with Gasteiger partial charge in [-0.3, -0.25) is 0 Å². The predicted molar refractivity (Wildman–Crippen MR) is 62.5 cm³/mol. The van der Waals surface area contributed by atoms with Gasteiger partial charge >= 0.3 is 5.97 Å². The number of fused-ring (bicyclic) bond motifs is 1. The number of hydrogen-bond donors (Lipinski definition) is 0. The van der Waals surface area contributed by atoms with Crippen LogP contribution in [0.5, 0.6) is 0 Å². The molecule has 1 heterocycles. The molecule has 0 radical (unpaired) electrons. The third-order valence-electron chi connectivity index (χ3n) is 2.42. The average Bonchev–Trinajstić information content (AvgIpc) is 2.66. The van der Waals surface area contributed by atoms with Crippen molar-refractivity contribution in [2.75, 3.05) is 7.11 Å². The smallest absolute Gasteiger partial charge is 0.348 e. The van der Waals surface area contributed by atoms with E-state index >= 15 is 0 Å². The molecule has 3 heteroatoms. The van der Waals surface area contributed by atoms with Gasteiger partial charge < -0.3 is 4.74 Å². The van der Waals surface area contributed by atoms with Crippen LogP contribution in [0.4, 0.5) is 0 Å². The van der Waals surface area contributed by atoms with E-state index in [0.717, 1.165) is 21.6 Å². The van der Waals surface area contributed by atoms with Crippen LogP contribution in [0, 0.1) is 0 Å². The van der Waals surface area contributed by atoms with Crippen molar-refractivity contribution in [3.05, 3.63) is 34.7 Å². The van der Waals surface area contributed by atoms with E-state index in [2.05, 4.69) is 13.0 Å². The van der Waals surface area contributed by atoms with Crippen molar-refractivity contribution in [3.8, 4) is 0 Å². The zero-order valence-corrected chi connectivity index (χ0v) is 9.56. The van der Waals surface area contributed by atoms with Crippen LogP contribution in [0.1, 0.15) is 22.2 Å². The molecule has 1 aromatic carbocycles. The van der Waals surface area contributed by atoms with Gasteiger partial charge in [0, 0.05) is 4.70 Å². The average molecular weight is 220 g/mol. The van der Waals surface area contributed by atoms with Crippen molar-refractivity contribution in [1.29, 1.82) is 0 Å². The normalized spacial score (nSPS) is 10.5. The third kappa shape index (κ3) is 1.63. The summed E-state index contributed by atoms with van der Waals surface area (Å²) in [4.78, 5) is 12.3. The molecule has 0 spiro atoms. The summed E-state index contributed by atoms with van der Waals surface area (Å²) >= 11 is 1.51. The number of ether oxygens (including phenoxy) is 1. The molecule has 0 amide bonds. The van der Waals surface area contributed by atoms with Gasteiger partial charge in [0.25, 0.3) is 0 Å². The maximum atomic E-state index is 11.6. The highest BCUT2D eigenvalue weighted by Gasteiger charge is 2.16. The number of carbonyl (C=O) groups is 1. The van der Waals surface area contributed by atoms with E-state index in [1.165, 1.54) is 23.8 Å². The number of benzene rings is 1. The van der Waals surface area contributed by atoms with Crippen molar-refractivity contribution in [3.63, 3.8) is 0 Å². The van der Waals surface area contributed by atoms with Crippen LogP contribution >= 0.6 is 11.3 Å². The van der Waals surface area contributed by atoms with E-state index < -0.39 is 0 Å². The first-order valence-corrected chi connectivity index (χ1v) is 5.68. The molecule has 15 heavy (non-hydrogen) atoms. The number of rotatable bonds is 2. The monoisotopic (exact) mass is 220 g/mol. The number of methoxy groups -OCH3 is 1. The Balaban J connectivity index is 2.69. The number of aryl methyl sites for hydroxylation is 1. The van der Waals surface area contributed by atoms with Crippen molar-refractivity contribution >= 4 is 27.4 Å². The molecule has 78 valence electrons. The van der Waals surface area contributed by atoms with Crippen molar-refractivity contribution in [2.45, 2.75) is 13.3 Å².